The van der Waals surface area contributed by atoms with Gasteiger partial charge in [0.25, 0.3) is 0 Å². The minimum absolute atomic E-state index is 0.202. The van der Waals surface area contributed by atoms with Crippen LogP contribution in [-0.2, 0) is 18.7 Å². The molecule has 1 aliphatic heterocycles. The Morgan fingerprint density at radius 2 is 1.32 bits per heavy atom. The second-order valence-corrected chi connectivity index (χ2v) is 13.9. The van der Waals surface area contributed by atoms with E-state index < -0.39 is 22.1 Å². The Bertz CT molecular complexity index is 1480. The van der Waals surface area contributed by atoms with Gasteiger partial charge in [0.1, 0.15) is 0 Å². The van der Waals surface area contributed by atoms with Gasteiger partial charge in [-0.2, -0.15) is 0 Å². The van der Waals surface area contributed by atoms with Crippen LogP contribution >= 0.6 is 15.9 Å². The van der Waals surface area contributed by atoms with Crippen LogP contribution in [0.3, 0.4) is 0 Å². The van der Waals surface area contributed by atoms with Crippen molar-refractivity contribution < 1.29 is 19.1 Å². The van der Waals surface area contributed by atoms with Crippen molar-refractivity contribution in [2.75, 3.05) is 11.5 Å². The number of halogens is 1. The molecule has 44 heavy (non-hydrogen) atoms. The maximum Gasteiger partial charge on any atom is 0.338 e. The molecule has 1 saturated heterocycles. The van der Waals surface area contributed by atoms with Crippen LogP contribution < -0.4 is 4.90 Å². The van der Waals surface area contributed by atoms with Crippen LogP contribution in [0.25, 0.3) is 0 Å². The first-order valence-electron chi connectivity index (χ1n) is 16.5. The van der Waals surface area contributed by atoms with Crippen molar-refractivity contribution >= 4 is 39.4 Å². The summed E-state index contributed by atoms with van der Waals surface area (Å²) in [5.74, 6) is -2.19. The highest BCUT2D eigenvalue weighted by molar-refractivity contribution is 9.09. The Morgan fingerprint density at radius 3 is 1.93 bits per heavy atom. The highest BCUT2D eigenvalue weighted by Crippen LogP contribution is 2.66. The molecule has 0 radical (unpaired) electrons. The number of hydrogen-bond donors (Lipinski definition) is 0. The van der Waals surface area contributed by atoms with Gasteiger partial charge in [0.15, 0.2) is 0 Å². The smallest absolute Gasteiger partial charge is 0.338 e. The molecule has 2 bridgehead atoms. The molecular weight excluding hydrogens is 614 g/mol. The summed E-state index contributed by atoms with van der Waals surface area (Å²) in [7, 11) is 0. The van der Waals surface area contributed by atoms with Gasteiger partial charge in [-0.1, -0.05) is 142 Å². The van der Waals surface area contributed by atoms with Gasteiger partial charge in [0.2, 0.25) is 11.8 Å². The summed E-state index contributed by atoms with van der Waals surface area (Å²) in [5, 5.41) is 0. The van der Waals surface area contributed by atoms with E-state index in [9.17, 15) is 14.4 Å². The van der Waals surface area contributed by atoms with Crippen LogP contribution in [0.15, 0.2) is 72.8 Å². The third kappa shape index (κ3) is 5.44. The van der Waals surface area contributed by atoms with Gasteiger partial charge in [0, 0.05) is 5.92 Å². The predicted molar refractivity (Wildman–Crippen MR) is 177 cm³/mol. The lowest BCUT2D eigenvalue weighted by Gasteiger charge is -2.51. The summed E-state index contributed by atoms with van der Waals surface area (Å²) in [6.07, 6.45) is 13.6. The average molecular weight is 657 g/mol. The van der Waals surface area contributed by atoms with Crippen LogP contribution in [0.5, 0.6) is 0 Å². The highest BCUT2D eigenvalue weighted by atomic mass is 79.9. The van der Waals surface area contributed by atoms with E-state index in [1.807, 2.05) is 24.3 Å². The van der Waals surface area contributed by atoms with Crippen molar-refractivity contribution in [3.05, 3.63) is 101 Å². The molecule has 5 nitrogen and oxygen atoms in total. The lowest BCUT2D eigenvalue weighted by Crippen LogP contribution is -2.50. The van der Waals surface area contributed by atoms with E-state index in [2.05, 4.69) is 47.1 Å². The first-order valence-corrected chi connectivity index (χ1v) is 17.3. The number of hydrogen-bond acceptors (Lipinski definition) is 4. The summed E-state index contributed by atoms with van der Waals surface area (Å²) < 4.78 is 4.79. The van der Waals surface area contributed by atoms with Crippen LogP contribution in [-0.4, -0.2) is 24.4 Å². The largest absolute Gasteiger partial charge is 0.462 e. The van der Waals surface area contributed by atoms with E-state index in [-0.39, 0.29) is 17.7 Å². The number of esters is 1. The van der Waals surface area contributed by atoms with Gasteiger partial charge in [-0.15, -0.1) is 0 Å². The molecule has 2 atom stereocenters. The molecule has 0 spiro atoms. The summed E-state index contributed by atoms with van der Waals surface area (Å²) in [6, 6.07) is 23.0. The van der Waals surface area contributed by atoms with E-state index in [0.717, 1.165) is 41.5 Å². The Morgan fingerprint density at radius 1 is 0.750 bits per heavy atom. The Balaban J connectivity index is 1.09. The Hall–Kier alpha value is -3.25. The van der Waals surface area contributed by atoms with Crippen molar-refractivity contribution in [3.8, 4) is 0 Å². The van der Waals surface area contributed by atoms with Gasteiger partial charge in [-0.05, 0) is 46.9 Å². The van der Waals surface area contributed by atoms with Gasteiger partial charge in [-0.25, -0.2) is 9.69 Å². The summed E-state index contributed by atoms with van der Waals surface area (Å²) in [5.41, 5.74) is 5.05. The van der Waals surface area contributed by atoms with Gasteiger partial charge in [0.05, 0.1) is 34.0 Å². The SMILES string of the molecule is CCCCCCCCCCCCCOC(=O)c1cccc(N2C(=O)[C@@H]3C4c5ccccc5C(Br)(c5ccccc54)[C@@H]3C2=O)c1. The molecule has 1 heterocycles. The van der Waals surface area contributed by atoms with Crippen LogP contribution in [0.1, 0.15) is 116 Å². The summed E-state index contributed by atoms with van der Waals surface area (Å²) >= 11 is 4.04. The van der Waals surface area contributed by atoms with Crippen LogP contribution in [0.4, 0.5) is 5.69 Å². The van der Waals surface area contributed by atoms with Crippen molar-refractivity contribution in [2.45, 2.75) is 87.8 Å². The monoisotopic (exact) mass is 655 g/mol. The van der Waals surface area contributed by atoms with Gasteiger partial charge < -0.3 is 4.74 Å². The fraction of sp³-hybridized carbons (Fsp3) is 0.447. The zero-order valence-electron chi connectivity index (χ0n) is 25.6. The molecule has 0 N–H and O–H groups in total. The minimum Gasteiger partial charge on any atom is -0.462 e. The number of nitrogens with zero attached hydrogens (tertiary/aromatic N) is 1. The summed E-state index contributed by atoms with van der Waals surface area (Å²) in [4.78, 5) is 42.6. The lowest BCUT2D eigenvalue weighted by atomic mass is 9.55. The topological polar surface area (TPSA) is 63.7 Å². The van der Waals surface area contributed by atoms with Crippen molar-refractivity contribution in [1.29, 1.82) is 0 Å². The molecule has 3 aromatic carbocycles. The van der Waals surface area contributed by atoms with E-state index >= 15 is 0 Å². The standard InChI is InChI=1S/C38H42BrNO4/c1-2-3-4-5-6-7-8-9-10-11-16-24-44-37(43)26-18-17-19-27(25-26)40-35(41)33-32-28-20-12-14-22-30(28)38(39,34(33)36(40)42)31-23-15-13-21-29(31)32/h12-15,17-23,25,32-34H,2-11,16,24H2,1H3/t32?,33-,34+,38?/m1/s1. The van der Waals surface area contributed by atoms with Crippen LogP contribution in [0.2, 0.25) is 0 Å². The first kappa shape index (κ1) is 30.8. The highest BCUT2D eigenvalue weighted by Gasteiger charge is 2.67. The number of carbonyl (C=O) groups excluding carboxylic acids is 3. The van der Waals surface area contributed by atoms with E-state index in [1.165, 1.54) is 56.3 Å². The molecule has 3 aliphatic carbocycles. The zero-order chi connectivity index (χ0) is 30.7. The molecule has 1 fully saturated rings. The molecule has 2 amide bonds. The second kappa shape index (κ2) is 13.4. The van der Waals surface area contributed by atoms with E-state index in [1.54, 1.807) is 24.3 Å². The number of amides is 2. The predicted octanol–water partition coefficient (Wildman–Crippen LogP) is 9.06. The summed E-state index contributed by atoms with van der Waals surface area (Å²) in [6.45, 7) is 2.62. The molecule has 230 valence electrons. The Labute approximate surface area is 269 Å². The average Bonchev–Trinajstić information content (AvgIpc) is 3.32. The van der Waals surface area contributed by atoms with E-state index in [4.69, 9.17) is 4.74 Å². The normalized spacial score (nSPS) is 23.0. The quantitative estimate of drug-likeness (QED) is 0.0752. The molecular formula is C38H42BrNO4. The number of alkyl halides is 1. The fourth-order valence-electron chi connectivity index (χ4n) is 7.72. The molecule has 7 rings (SSSR count). The second-order valence-electron chi connectivity index (χ2n) is 12.6. The fourth-order valence-corrected chi connectivity index (χ4v) is 8.92. The maximum atomic E-state index is 14.2. The lowest BCUT2D eigenvalue weighted by molar-refractivity contribution is -0.122. The third-order valence-electron chi connectivity index (χ3n) is 9.84. The molecule has 3 aromatic rings. The molecule has 4 aliphatic rings. The Kier molecular flexibility index (Phi) is 9.37. The first-order chi connectivity index (χ1) is 21.5. The third-order valence-corrected chi connectivity index (χ3v) is 11.2. The molecule has 0 unspecified atom stereocenters. The number of ether oxygens (including phenoxy) is 1. The van der Waals surface area contributed by atoms with E-state index in [0.29, 0.717) is 17.9 Å². The zero-order valence-corrected chi connectivity index (χ0v) is 27.2. The molecule has 0 saturated carbocycles. The van der Waals surface area contributed by atoms with Crippen molar-refractivity contribution in [2.24, 2.45) is 11.8 Å². The van der Waals surface area contributed by atoms with Crippen molar-refractivity contribution in [1.82, 2.24) is 0 Å². The number of imide groups is 1. The van der Waals surface area contributed by atoms with Gasteiger partial charge in [-0.3, -0.25) is 9.59 Å². The molecule has 0 aromatic heterocycles. The van der Waals surface area contributed by atoms with Gasteiger partial charge >= 0.3 is 5.97 Å². The van der Waals surface area contributed by atoms with Crippen molar-refractivity contribution in [3.63, 3.8) is 0 Å². The minimum atomic E-state index is -0.799. The number of carbonyl (C=O) groups is 3. The van der Waals surface area contributed by atoms with Crippen LogP contribution in [0, 0.1) is 11.8 Å². The number of unbranched alkanes of at least 4 members (excludes halogenated alkanes) is 10. The number of anilines is 1. The maximum absolute atomic E-state index is 14.2. The molecule has 6 heteroatoms. The number of rotatable bonds is 14. The number of benzene rings is 3.